The Kier molecular flexibility index (Phi) is 75.0. The molecule has 17 nitrogen and oxygen atoms in total. The number of aliphatic hydroxyl groups is 1. The molecule has 0 rings (SSSR count). The summed E-state index contributed by atoms with van der Waals surface area (Å²) in [6.07, 6.45) is 68.2. The number of carbonyl (C=O) groups excluding carboxylic acids is 4. The number of rotatable bonds is 84. The summed E-state index contributed by atoms with van der Waals surface area (Å²) >= 11 is 0. The molecule has 3 N–H and O–H groups in total. The van der Waals surface area contributed by atoms with Gasteiger partial charge in [-0.25, -0.2) is 9.13 Å². The summed E-state index contributed by atoms with van der Waals surface area (Å²) in [7, 11) is -9.93. The molecule has 0 aliphatic carbocycles. The summed E-state index contributed by atoms with van der Waals surface area (Å²) in [4.78, 5) is 73.2. The van der Waals surface area contributed by atoms with Crippen LogP contribution < -0.4 is 0 Å². The molecule has 0 spiro atoms. The maximum atomic E-state index is 13.1. The van der Waals surface area contributed by atoms with Crippen LogP contribution in [0.25, 0.3) is 0 Å². The van der Waals surface area contributed by atoms with Gasteiger partial charge in [-0.3, -0.25) is 37.3 Å². The van der Waals surface area contributed by atoms with Gasteiger partial charge in [0.2, 0.25) is 0 Å². The second-order valence-electron chi connectivity index (χ2n) is 31.5. The molecule has 19 heteroatoms. The van der Waals surface area contributed by atoms with Crippen molar-refractivity contribution >= 4 is 39.5 Å². The normalized spacial score (nSPS) is 13.8. The van der Waals surface area contributed by atoms with Crippen molar-refractivity contribution in [3.05, 3.63) is 0 Å². The molecule has 2 unspecified atom stereocenters. The van der Waals surface area contributed by atoms with Crippen LogP contribution in [-0.4, -0.2) is 96.7 Å². The lowest BCUT2D eigenvalue weighted by atomic mass is 10.0. The minimum absolute atomic E-state index is 0.106. The lowest BCUT2D eigenvalue weighted by molar-refractivity contribution is -0.161. The molecule has 0 fully saturated rings. The Morgan fingerprint density at radius 2 is 0.442 bits per heavy atom. The Morgan fingerprint density at radius 1 is 0.260 bits per heavy atom. The van der Waals surface area contributed by atoms with Gasteiger partial charge in [0.15, 0.2) is 12.2 Å². The first kappa shape index (κ1) is 102. The van der Waals surface area contributed by atoms with E-state index in [0.717, 1.165) is 102 Å². The van der Waals surface area contributed by atoms with Crippen LogP contribution in [0, 0.1) is 11.8 Å². The van der Waals surface area contributed by atoms with Gasteiger partial charge < -0.3 is 33.8 Å². The highest BCUT2D eigenvalue weighted by atomic mass is 31.2. The number of esters is 4. The third-order valence-corrected chi connectivity index (χ3v) is 21.9. The maximum absolute atomic E-state index is 13.1. The van der Waals surface area contributed by atoms with Gasteiger partial charge in [0.1, 0.15) is 19.3 Å². The number of hydrogen-bond acceptors (Lipinski definition) is 15. The molecular weight excluding hydrogens is 1350 g/mol. The molecule has 0 aromatic rings. The molecule has 0 aliphatic rings. The van der Waals surface area contributed by atoms with Crippen molar-refractivity contribution in [3.63, 3.8) is 0 Å². The fourth-order valence-electron chi connectivity index (χ4n) is 13.2. The van der Waals surface area contributed by atoms with E-state index in [-0.39, 0.29) is 25.7 Å². The molecule has 104 heavy (non-hydrogen) atoms. The van der Waals surface area contributed by atoms with Gasteiger partial charge >= 0.3 is 39.5 Å². The molecule has 5 atom stereocenters. The third-order valence-electron chi connectivity index (χ3n) is 20.0. The first-order chi connectivity index (χ1) is 50.4. The van der Waals surface area contributed by atoms with Gasteiger partial charge in [-0.2, -0.15) is 0 Å². The Balaban J connectivity index is 5.22. The van der Waals surface area contributed by atoms with Gasteiger partial charge in [-0.1, -0.05) is 401 Å². The largest absolute Gasteiger partial charge is 0.472 e. The smallest absolute Gasteiger partial charge is 0.462 e. The molecule has 618 valence electrons. The predicted molar refractivity (Wildman–Crippen MR) is 428 cm³/mol. The zero-order valence-corrected chi connectivity index (χ0v) is 70.1. The summed E-state index contributed by atoms with van der Waals surface area (Å²) < 4.78 is 68.8. The minimum atomic E-state index is -4.97. The average molecular weight is 1520 g/mol. The zero-order valence-electron chi connectivity index (χ0n) is 68.3. The van der Waals surface area contributed by atoms with E-state index in [1.54, 1.807) is 0 Å². The molecule has 0 aromatic heterocycles. The van der Waals surface area contributed by atoms with Gasteiger partial charge in [0.25, 0.3) is 0 Å². The Morgan fingerprint density at radius 3 is 0.654 bits per heavy atom. The van der Waals surface area contributed by atoms with Gasteiger partial charge in [0.05, 0.1) is 26.4 Å². The van der Waals surface area contributed by atoms with Gasteiger partial charge in [-0.05, 0) is 37.5 Å². The highest BCUT2D eigenvalue weighted by Gasteiger charge is 2.30. The summed E-state index contributed by atoms with van der Waals surface area (Å²) in [5.41, 5.74) is 0. The van der Waals surface area contributed by atoms with Crippen molar-refractivity contribution < 1.29 is 80.2 Å². The van der Waals surface area contributed by atoms with Crippen LogP contribution in [0.1, 0.15) is 452 Å². The molecule has 0 aromatic carbocycles. The number of aliphatic hydroxyl groups excluding tert-OH is 1. The second-order valence-corrected chi connectivity index (χ2v) is 34.4. The monoisotopic (exact) mass is 1520 g/mol. The van der Waals surface area contributed by atoms with Crippen LogP contribution in [-0.2, 0) is 65.4 Å². The lowest BCUT2D eigenvalue weighted by Gasteiger charge is -2.21. The number of ether oxygens (including phenoxy) is 4. The molecule has 0 heterocycles. The molecule has 0 radical (unpaired) electrons. The van der Waals surface area contributed by atoms with Gasteiger partial charge in [0, 0.05) is 25.7 Å². The quantitative estimate of drug-likeness (QED) is 0.0222. The first-order valence-corrected chi connectivity index (χ1v) is 47.0. The fourth-order valence-corrected chi connectivity index (χ4v) is 14.8. The van der Waals surface area contributed by atoms with E-state index in [1.807, 2.05) is 0 Å². The van der Waals surface area contributed by atoms with E-state index in [2.05, 4.69) is 41.5 Å². The number of hydrogen-bond donors (Lipinski definition) is 3. The van der Waals surface area contributed by atoms with Crippen LogP contribution in [0.15, 0.2) is 0 Å². The van der Waals surface area contributed by atoms with Crippen LogP contribution in [0.3, 0.4) is 0 Å². The molecule has 0 bridgehead atoms. The lowest BCUT2D eigenvalue weighted by Crippen LogP contribution is -2.30. The summed E-state index contributed by atoms with van der Waals surface area (Å²) in [6, 6.07) is 0. The Labute approximate surface area is 638 Å². The Bertz CT molecular complexity index is 1990. The summed E-state index contributed by atoms with van der Waals surface area (Å²) in [6.45, 7) is 9.61. The molecular formula is C85H166O17P2. The van der Waals surface area contributed by atoms with Crippen molar-refractivity contribution in [2.75, 3.05) is 39.6 Å². The van der Waals surface area contributed by atoms with Crippen molar-refractivity contribution in [2.45, 2.75) is 471 Å². The van der Waals surface area contributed by atoms with E-state index >= 15 is 0 Å². The molecule has 0 saturated carbocycles. The van der Waals surface area contributed by atoms with E-state index in [4.69, 9.17) is 37.0 Å². The highest BCUT2D eigenvalue weighted by Crippen LogP contribution is 2.45. The summed E-state index contributed by atoms with van der Waals surface area (Å²) in [5, 5.41) is 10.7. The van der Waals surface area contributed by atoms with Crippen LogP contribution in [0.5, 0.6) is 0 Å². The van der Waals surface area contributed by atoms with E-state index in [1.165, 1.54) is 270 Å². The minimum Gasteiger partial charge on any atom is -0.462 e. The van der Waals surface area contributed by atoms with Crippen molar-refractivity contribution in [1.82, 2.24) is 0 Å². The van der Waals surface area contributed by atoms with Crippen LogP contribution in [0.2, 0.25) is 0 Å². The molecule has 0 aliphatic heterocycles. The Hall–Kier alpha value is -1.94. The maximum Gasteiger partial charge on any atom is 0.472 e. The number of carbonyl (C=O) groups is 4. The van der Waals surface area contributed by atoms with Crippen molar-refractivity contribution in [1.29, 1.82) is 0 Å². The first-order valence-electron chi connectivity index (χ1n) is 44.0. The van der Waals surface area contributed by atoms with Crippen molar-refractivity contribution in [3.8, 4) is 0 Å². The second kappa shape index (κ2) is 76.4. The van der Waals surface area contributed by atoms with Gasteiger partial charge in [-0.15, -0.1) is 0 Å². The SMILES string of the molecule is CCCCCCCCCCCCCCCCCCCCCCCC(=O)O[C@H](COC(=O)CCCCCCCCCCCCCCCCCCCCC)COP(=O)(O)OC[C@@H](O)COP(=O)(O)OC[C@@H](COC(=O)CCCCCCCCCCC(C)C)OC(=O)CCCCCCCCCCCCC(C)C. The third kappa shape index (κ3) is 78.2. The predicted octanol–water partition coefficient (Wildman–Crippen LogP) is 25.8. The molecule has 0 amide bonds. The van der Waals surface area contributed by atoms with E-state index < -0.39 is 97.5 Å². The number of phosphoric acid groups is 2. The molecule has 0 saturated heterocycles. The van der Waals surface area contributed by atoms with E-state index in [9.17, 15) is 43.2 Å². The number of phosphoric ester groups is 2. The topological polar surface area (TPSA) is 237 Å². The summed E-state index contributed by atoms with van der Waals surface area (Å²) in [5.74, 6) is -0.628. The fraction of sp³-hybridized carbons (Fsp3) is 0.953. The number of unbranched alkanes of at least 4 members (excludes halogenated alkanes) is 54. The van der Waals surface area contributed by atoms with Crippen molar-refractivity contribution in [2.24, 2.45) is 11.8 Å². The highest BCUT2D eigenvalue weighted by molar-refractivity contribution is 7.47. The average Bonchev–Trinajstić information content (AvgIpc) is 0.902. The van der Waals surface area contributed by atoms with Crippen LogP contribution >= 0.6 is 15.6 Å². The standard InChI is InChI=1S/C85H166O17P2/c1-7-9-11-13-15-17-19-21-23-25-27-28-30-32-34-36-38-43-51-57-63-69-84(89)101-80(73-95-82(87)67-61-55-49-42-37-35-33-31-29-26-24-22-20-18-16-14-12-10-8-2)75-99-103(91,92)97-71-79(86)72-98-104(93,94)100-76-81(74-96-83(88)68-62-56-50-46-45-48-54-60-66-78(5)6)102-85(90)70-64-58-52-44-40-39-41-47-53-59-65-77(3)4/h77-81,86H,7-76H2,1-6H3,(H,91,92)(H,93,94)/t79-,80-,81-/m1/s1. The van der Waals surface area contributed by atoms with E-state index in [0.29, 0.717) is 25.7 Å². The zero-order chi connectivity index (χ0) is 76.4. The van der Waals surface area contributed by atoms with Crippen LogP contribution in [0.4, 0.5) is 0 Å².